The van der Waals surface area contributed by atoms with Crippen molar-refractivity contribution in [1.82, 2.24) is 0 Å². The van der Waals surface area contributed by atoms with Crippen LogP contribution in [0.2, 0.25) is 0 Å². The summed E-state index contributed by atoms with van der Waals surface area (Å²) < 4.78 is 6.08. The molecule has 0 amide bonds. The lowest BCUT2D eigenvalue weighted by Crippen LogP contribution is -2.30. The predicted molar refractivity (Wildman–Crippen MR) is 139 cm³/mol. The number of carbonyl (C=O) groups is 1. The number of hydrogen-bond acceptors (Lipinski definition) is 3. The molecule has 0 aromatic rings. The molecular formula is C29H46O3S. The van der Waals surface area contributed by atoms with E-state index >= 15 is 0 Å². The second-order valence-corrected chi connectivity index (χ2v) is 11.9. The van der Waals surface area contributed by atoms with E-state index in [1.165, 1.54) is 70.6 Å². The zero-order chi connectivity index (χ0) is 23.1. The lowest BCUT2D eigenvalue weighted by Gasteiger charge is -2.28. The third kappa shape index (κ3) is 10.1. The van der Waals surface area contributed by atoms with Gasteiger partial charge in [-0.25, -0.2) is 0 Å². The molecule has 4 heteroatoms. The Morgan fingerprint density at radius 3 is 2.52 bits per heavy atom. The highest BCUT2D eigenvalue weighted by atomic mass is 32.2. The Labute approximate surface area is 206 Å². The van der Waals surface area contributed by atoms with Gasteiger partial charge in [0, 0.05) is 29.8 Å². The summed E-state index contributed by atoms with van der Waals surface area (Å²) >= 11 is 2.19. The Kier molecular flexibility index (Phi) is 12.8. The lowest BCUT2D eigenvalue weighted by molar-refractivity contribution is -0.137. The fourth-order valence-electron chi connectivity index (χ4n) is 5.99. The maximum atomic E-state index is 10.6. The molecule has 4 atom stereocenters. The summed E-state index contributed by atoms with van der Waals surface area (Å²) in [5.41, 5.74) is 0. The molecule has 3 aliphatic rings. The van der Waals surface area contributed by atoms with Crippen LogP contribution in [0.5, 0.6) is 0 Å². The van der Waals surface area contributed by atoms with Crippen LogP contribution in [-0.2, 0) is 9.53 Å². The van der Waals surface area contributed by atoms with Crippen molar-refractivity contribution < 1.29 is 14.6 Å². The van der Waals surface area contributed by atoms with E-state index in [9.17, 15) is 4.79 Å². The molecular weight excluding hydrogens is 428 g/mol. The van der Waals surface area contributed by atoms with Crippen molar-refractivity contribution in [3.05, 3.63) is 12.2 Å². The largest absolute Gasteiger partial charge is 0.481 e. The van der Waals surface area contributed by atoms with Gasteiger partial charge in [-0.05, 0) is 56.3 Å². The van der Waals surface area contributed by atoms with Gasteiger partial charge in [0.1, 0.15) is 0 Å². The highest BCUT2D eigenvalue weighted by Gasteiger charge is 2.47. The van der Waals surface area contributed by atoms with Gasteiger partial charge in [0.05, 0.1) is 13.2 Å². The first-order valence-corrected chi connectivity index (χ1v) is 14.7. The number of rotatable bonds is 15. The van der Waals surface area contributed by atoms with Crippen molar-refractivity contribution in [1.29, 1.82) is 0 Å². The first-order valence-electron chi connectivity index (χ1n) is 13.8. The van der Waals surface area contributed by atoms with Gasteiger partial charge in [-0.1, -0.05) is 63.5 Å². The molecule has 3 rings (SSSR count). The summed E-state index contributed by atoms with van der Waals surface area (Å²) in [4.78, 5) is 10.6. The van der Waals surface area contributed by atoms with Gasteiger partial charge in [0.2, 0.25) is 0 Å². The standard InChI is InChI=1S/C29H46O3S/c30-29(31)19-13-6-5-12-18-25-26(28-21-20-27(25)33-28)23-32-22-14-7-3-1-2-4-9-15-24-16-10-8-11-17-24/h5,12,24-28H,1-2,4,6,8-11,13-23H2,(H,30,31)/b12-5-/t25-,26+,27-,28+/m1/s1. The lowest BCUT2D eigenvalue weighted by atomic mass is 9.78. The highest BCUT2D eigenvalue weighted by Crippen LogP contribution is 2.54. The average molecular weight is 475 g/mol. The molecule has 186 valence electrons. The topological polar surface area (TPSA) is 46.5 Å². The molecule has 0 aromatic heterocycles. The molecule has 0 unspecified atom stereocenters. The van der Waals surface area contributed by atoms with Crippen LogP contribution < -0.4 is 0 Å². The van der Waals surface area contributed by atoms with Crippen LogP contribution in [-0.4, -0.2) is 34.8 Å². The molecule has 1 N–H and O–H groups in total. The maximum absolute atomic E-state index is 10.6. The first-order chi connectivity index (χ1) is 16.2. The number of carboxylic acids is 1. The number of hydrogen-bond donors (Lipinski definition) is 1. The SMILES string of the molecule is O=C(O)CCC/C=C\C[C@@H]1[C@H](COCCC#CCCCCCC2CCCCC2)[C@@H]2CC[C@H]1S2. The maximum Gasteiger partial charge on any atom is 0.303 e. The summed E-state index contributed by atoms with van der Waals surface area (Å²) in [5.74, 6) is 8.41. The zero-order valence-electron chi connectivity index (χ0n) is 20.6. The van der Waals surface area contributed by atoms with E-state index in [1.807, 2.05) is 0 Å². The minimum atomic E-state index is -0.695. The molecule has 2 saturated heterocycles. The van der Waals surface area contributed by atoms with Crippen LogP contribution >= 0.6 is 11.8 Å². The summed E-state index contributed by atoms with van der Waals surface area (Å²) in [6.07, 6.45) is 24.9. The number of fused-ring (bicyclic) bond motifs is 2. The minimum absolute atomic E-state index is 0.272. The number of thioether (sulfide) groups is 1. The predicted octanol–water partition coefficient (Wildman–Crippen LogP) is 7.64. The molecule has 3 fully saturated rings. The van der Waals surface area contributed by atoms with Crippen molar-refractivity contribution in [3.63, 3.8) is 0 Å². The van der Waals surface area contributed by atoms with Crippen LogP contribution in [0.4, 0.5) is 0 Å². The molecule has 1 aliphatic carbocycles. The molecule has 0 radical (unpaired) electrons. The molecule has 3 nitrogen and oxygen atoms in total. The Hall–Kier alpha value is -0.920. The van der Waals surface area contributed by atoms with Crippen molar-refractivity contribution >= 4 is 17.7 Å². The molecule has 2 heterocycles. The first kappa shape index (κ1) is 26.7. The third-order valence-electron chi connectivity index (χ3n) is 7.87. The van der Waals surface area contributed by atoms with E-state index in [0.29, 0.717) is 5.92 Å². The number of unbranched alkanes of at least 4 members (excludes halogenated alkanes) is 4. The van der Waals surface area contributed by atoms with E-state index in [0.717, 1.165) is 67.7 Å². The number of ether oxygens (including phenoxy) is 1. The quantitative estimate of drug-likeness (QED) is 0.150. The Balaban J connectivity index is 1.20. The molecule has 2 aliphatic heterocycles. The smallest absolute Gasteiger partial charge is 0.303 e. The van der Waals surface area contributed by atoms with Crippen LogP contribution in [0, 0.1) is 29.6 Å². The summed E-state index contributed by atoms with van der Waals surface area (Å²) in [6, 6.07) is 0. The summed E-state index contributed by atoms with van der Waals surface area (Å²) in [6.45, 7) is 1.65. The monoisotopic (exact) mass is 474 g/mol. The normalized spacial score (nSPS) is 27.2. The van der Waals surface area contributed by atoms with Crippen molar-refractivity contribution in [3.8, 4) is 11.8 Å². The van der Waals surface area contributed by atoms with Gasteiger partial charge in [0.15, 0.2) is 0 Å². The van der Waals surface area contributed by atoms with Crippen molar-refractivity contribution in [2.24, 2.45) is 17.8 Å². The number of aliphatic carboxylic acids is 1. The number of carboxylic acid groups (broad SMARTS) is 1. The van der Waals surface area contributed by atoms with Gasteiger partial charge >= 0.3 is 5.97 Å². The minimum Gasteiger partial charge on any atom is -0.481 e. The molecule has 2 bridgehead atoms. The summed E-state index contributed by atoms with van der Waals surface area (Å²) in [7, 11) is 0. The average Bonchev–Trinajstić information content (AvgIpc) is 3.42. The molecule has 1 saturated carbocycles. The highest BCUT2D eigenvalue weighted by molar-refractivity contribution is 8.01. The Morgan fingerprint density at radius 2 is 1.70 bits per heavy atom. The van der Waals surface area contributed by atoms with Gasteiger partial charge in [-0.15, -0.1) is 11.8 Å². The van der Waals surface area contributed by atoms with Crippen LogP contribution in [0.3, 0.4) is 0 Å². The summed E-state index contributed by atoms with van der Waals surface area (Å²) in [5, 5.41) is 10.3. The molecule has 33 heavy (non-hydrogen) atoms. The van der Waals surface area contributed by atoms with Crippen molar-refractivity contribution in [2.45, 2.75) is 120 Å². The molecule has 0 spiro atoms. The van der Waals surface area contributed by atoms with E-state index in [2.05, 4.69) is 35.8 Å². The van der Waals surface area contributed by atoms with Gasteiger partial charge in [-0.3, -0.25) is 4.79 Å². The van der Waals surface area contributed by atoms with Crippen molar-refractivity contribution in [2.75, 3.05) is 13.2 Å². The second-order valence-electron chi connectivity index (χ2n) is 10.4. The van der Waals surface area contributed by atoms with E-state index < -0.39 is 5.97 Å². The Morgan fingerprint density at radius 1 is 0.909 bits per heavy atom. The second kappa shape index (κ2) is 15.9. The third-order valence-corrected chi connectivity index (χ3v) is 9.74. The van der Waals surface area contributed by atoms with Crippen LogP contribution in [0.1, 0.15) is 109 Å². The van der Waals surface area contributed by atoms with Gasteiger partial charge in [-0.2, -0.15) is 11.8 Å². The number of allylic oxidation sites excluding steroid dienone is 2. The van der Waals surface area contributed by atoms with E-state index in [4.69, 9.17) is 9.84 Å². The van der Waals surface area contributed by atoms with Gasteiger partial charge in [0.25, 0.3) is 0 Å². The van der Waals surface area contributed by atoms with Crippen LogP contribution in [0.15, 0.2) is 12.2 Å². The van der Waals surface area contributed by atoms with Gasteiger partial charge < -0.3 is 9.84 Å². The van der Waals surface area contributed by atoms with Crippen LogP contribution in [0.25, 0.3) is 0 Å². The Bertz CT molecular complexity index is 643. The van der Waals surface area contributed by atoms with E-state index in [1.54, 1.807) is 0 Å². The zero-order valence-corrected chi connectivity index (χ0v) is 21.5. The van der Waals surface area contributed by atoms with E-state index in [-0.39, 0.29) is 6.42 Å². The fourth-order valence-corrected chi connectivity index (χ4v) is 7.98. The molecule has 0 aromatic carbocycles. The fraction of sp³-hybridized carbons (Fsp3) is 0.828.